The lowest BCUT2D eigenvalue weighted by molar-refractivity contribution is 0.304. The molecular formula is C16H25NO3S. The molecule has 5 heteroatoms. The number of phenols is 1. The highest BCUT2D eigenvalue weighted by atomic mass is 32.2. The topological polar surface area (TPSA) is 57.6 Å². The van der Waals surface area contributed by atoms with E-state index in [0.717, 1.165) is 32.1 Å². The van der Waals surface area contributed by atoms with Gasteiger partial charge in [0, 0.05) is 12.6 Å². The fraction of sp³-hybridized carbons (Fsp3) is 0.625. The molecule has 1 aromatic rings. The summed E-state index contributed by atoms with van der Waals surface area (Å²) in [4.78, 5) is 0.193. The largest absolute Gasteiger partial charge is 0.508 e. The predicted molar refractivity (Wildman–Crippen MR) is 83.7 cm³/mol. The zero-order valence-electron chi connectivity index (χ0n) is 12.8. The summed E-state index contributed by atoms with van der Waals surface area (Å²) in [6, 6.07) is 6.08. The molecule has 0 heterocycles. The summed E-state index contributed by atoms with van der Waals surface area (Å²) in [5.41, 5.74) is 0. The van der Waals surface area contributed by atoms with Gasteiger partial charge in [0.15, 0.2) is 0 Å². The molecule has 0 bridgehead atoms. The van der Waals surface area contributed by atoms with Crippen molar-refractivity contribution in [1.82, 2.24) is 4.31 Å². The fourth-order valence-electron chi connectivity index (χ4n) is 2.86. The van der Waals surface area contributed by atoms with Crippen LogP contribution >= 0.6 is 0 Å². The lowest BCUT2D eigenvalue weighted by atomic mass is 10.1. The molecule has 1 saturated carbocycles. The first-order chi connectivity index (χ1) is 9.91. The number of phenolic OH excluding ortho intramolecular Hbond substituents is 1. The Kier molecular flexibility index (Phi) is 5.27. The minimum absolute atomic E-state index is 0.00805. The predicted octanol–water partition coefficient (Wildman–Crippen LogP) is 3.37. The van der Waals surface area contributed by atoms with E-state index in [0.29, 0.717) is 12.5 Å². The van der Waals surface area contributed by atoms with Gasteiger partial charge in [-0.05, 0) is 43.4 Å². The van der Waals surface area contributed by atoms with Crippen LogP contribution in [0.25, 0.3) is 0 Å². The van der Waals surface area contributed by atoms with Gasteiger partial charge in [-0.3, -0.25) is 0 Å². The number of sulfonamides is 1. The maximum Gasteiger partial charge on any atom is 0.243 e. The van der Waals surface area contributed by atoms with Gasteiger partial charge < -0.3 is 5.11 Å². The van der Waals surface area contributed by atoms with E-state index in [1.165, 1.54) is 12.1 Å². The monoisotopic (exact) mass is 311 g/mol. The van der Waals surface area contributed by atoms with E-state index in [2.05, 4.69) is 13.8 Å². The van der Waals surface area contributed by atoms with Gasteiger partial charge in [-0.25, -0.2) is 8.42 Å². The first-order valence-electron chi connectivity index (χ1n) is 7.72. The number of aromatic hydroxyl groups is 1. The fourth-order valence-corrected chi connectivity index (χ4v) is 4.60. The van der Waals surface area contributed by atoms with E-state index in [1.54, 1.807) is 16.4 Å². The molecule has 1 aliphatic rings. The van der Waals surface area contributed by atoms with Crippen LogP contribution in [0.15, 0.2) is 29.2 Å². The van der Waals surface area contributed by atoms with E-state index in [4.69, 9.17) is 0 Å². The van der Waals surface area contributed by atoms with Crippen molar-refractivity contribution in [2.75, 3.05) is 6.54 Å². The standard InChI is InChI=1S/C16H25NO3S/c1-13(2)10-11-17(14-6-3-4-7-14)21(19,20)16-9-5-8-15(18)12-16/h5,8-9,12-14,18H,3-4,6-7,10-11H2,1-2H3. The molecule has 2 rings (SSSR count). The average molecular weight is 311 g/mol. The van der Waals surface area contributed by atoms with Crippen LogP contribution in [0.3, 0.4) is 0 Å². The molecule has 0 aromatic heterocycles. The summed E-state index contributed by atoms with van der Waals surface area (Å²) in [6.45, 7) is 4.77. The Morgan fingerprint density at radius 1 is 1.29 bits per heavy atom. The zero-order valence-corrected chi connectivity index (χ0v) is 13.6. The Morgan fingerprint density at radius 3 is 2.52 bits per heavy atom. The molecule has 0 amide bonds. The van der Waals surface area contributed by atoms with Gasteiger partial charge in [0.25, 0.3) is 0 Å². The van der Waals surface area contributed by atoms with Crippen LogP contribution in [-0.4, -0.2) is 30.4 Å². The highest BCUT2D eigenvalue weighted by Gasteiger charge is 2.33. The molecule has 0 aliphatic heterocycles. The summed E-state index contributed by atoms with van der Waals surface area (Å²) in [7, 11) is -3.53. The van der Waals surface area contributed by atoms with E-state index in [9.17, 15) is 13.5 Å². The Hall–Kier alpha value is -1.07. The molecular weight excluding hydrogens is 286 g/mol. The number of benzene rings is 1. The molecule has 1 N–H and O–H groups in total. The average Bonchev–Trinajstić information content (AvgIpc) is 2.92. The van der Waals surface area contributed by atoms with Gasteiger partial charge in [-0.2, -0.15) is 4.31 Å². The summed E-state index contributed by atoms with van der Waals surface area (Å²) in [5.74, 6) is 0.458. The molecule has 118 valence electrons. The second-order valence-corrected chi connectivity index (χ2v) is 8.12. The molecule has 0 radical (unpaired) electrons. The van der Waals surface area contributed by atoms with Gasteiger partial charge in [0.1, 0.15) is 5.75 Å². The lowest BCUT2D eigenvalue weighted by Crippen LogP contribution is -2.39. The maximum absolute atomic E-state index is 12.9. The van der Waals surface area contributed by atoms with Crippen LogP contribution < -0.4 is 0 Å². The molecule has 1 aromatic carbocycles. The zero-order chi connectivity index (χ0) is 15.5. The SMILES string of the molecule is CC(C)CCN(C1CCCC1)S(=O)(=O)c1cccc(O)c1. The molecule has 4 nitrogen and oxygen atoms in total. The van der Waals surface area contributed by atoms with E-state index >= 15 is 0 Å². The summed E-state index contributed by atoms with van der Waals surface area (Å²) < 4.78 is 27.5. The Morgan fingerprint density at radius 2 is 1.95 bits per heavy atom. The maximum atomic E-state index is 12.9. The van der Waals surface area contributed by atoms with Crippen LogP contribution in [0.4, 0.5) is 0 Å². The van der Waals surface area contributed by atoms with Crippen molar-refractivity contribution in [3.05, 3.63) is 24.3 Å². The minimum Gasteiger partial charge on any atom is -0.508 e. The van der Waals surface area contributed by atoms with Gasteiger partial charge in [-0.1, -0.05) is 32.8 Å². The summed E-state index contributed by atoms with van der Waals surface area (Å²) in [5, 5.41) is 9.56. The third kappa shape index (κ3) is 3.98. The highest BCUT2D eigenvalue weighted by Crippen LogP contribution is 2.30. The first-order valence-corrected chi connectivity index (χ1v) is 9.16. The van der Waals surface area contributed by atoms with E-state index in [-0.39, 0.29) is 16.7 Å². The van der Waals surface area contributed by atoms with Crippen LogP contribution in [0.5, 0.6) is 5.75 Å². The quantitative estimate of drug-likeness (QED) is 0.876. The van der Waals surface area contributed by atoms with Crippen molar-refractivity contribution in [3.8, 4) is 5.75 Å². The third-order valence-electron chi connectivity index (χ3n) is 4.08. The van der Waals surface area contributed by atoms with Crippen molar-refractivity contribution < 1.29 is 13.5 Å². The van der Waals surface area contributed by atoms with Crippen molar-refractivity contribution in [3.63, 3.8) is 0 Å². The van der Waals surface area contributed by atoms with Gasteiger partial charge >= 0.3 is 0 Å². The second kappa shape index (κ2) is 6.79. The molecule has 21 heavy (non-hydrogen) atoms. The lowest BCUT2D eigenvalue weighted by Gasteiger charge is -2.28. The summed E-state index contributed by atoms with van der Waals surface area (Å²) in [6.07, 6.45) is 4.93. The highest BCUT2D eigenvalue weighted by molar-refractivity contribution is 7.89. The van der Waals surface area contributed by atoms with Crippen molar-refractivity contribution in [1.29, 1.82) is 0 Å². The minimum atomic E-state index is -3.53. The first kappa shape index (κ1) is 16.3. The molecule has 0 spiro atoms. The molecule has 0 saturated heterocycles. The van der Waals surface area contributed by atoms with Crippen molar-refractivity contribution in [2.24, 2.45) is 5.92 Å². The molecule has 1 fully saturated rings. The number of hydrogen-bond acceptors (Lipinski definition) is 3. The molecule has 0 unspecified atom stereocenters. The normalized spacial score (nSPS) is 17.0. The number of hydrogen-bond donors (Lipinski definition) is 1. The van der Waals surface area contributed by atoms with Crippen molar-refractivity contribution in [2.45, 2.75) is 56.9 Å². The van der Waals surface area contributed by atoms with Crippen molar-refractivity contribution >= 4 is 10.0 Å². The van der Waals surface area contributed by atoms with Crippen LogP contribution in [-0.2, 0) is 10.0 Å². The Balaban J connectivity index is 2.29. The van der Waals surface area contributed by atoms with E-state index in [1.807, 2.05) is 0 Å². The Labute approximate surface area is 127 Å². The number of rotatable bonds is 6. The molecule has 1 aliphatic carbocycles. The smallest absolute Gasteiger partial charge is 0.243 e. The van der Waals surface area contributed by atoms with Gasteiger partial charge in [0.2, 0.25) is 10.0 Å². The van der Waals surface area contributed by atoms with Crippen LogP contribution in [0.2, 0.25) is 0 Å². The van der Waals surface area contributed by atoms with Gasteiger partial charge in [0.05, 0.1) is 4.90 Å². The summed E-state index contributed by atoms with van der Waals surface area (Å²) >= 11 is 0. The van der Waals surface area contributed by atoms with Crippen LogP contribution in [0, 0.1) is 5.92 Å². The van der Waals surface area contributed by atoms with E-state index < -0.39 is 10.0 Å². The van der Waals surface area contributed by atoms with Crippen LogP contribution in [0.1, 0.15) is 46.0 Å². The number of nitrogens with zero attached hydrogens (tertiary/aromatic N) is 1. The second-order valence-electron chi connectivity index (χ2n) is 6.23. The molecule has 0 atom stereocenters. The Bertz CT molecular complexity index is 563. The van der Waals surface area contributed by atoms with Gasteiger partial charge in [-0.15, -0.1) is 0 Å². The third-order valence-corrected chi connectivity index (χ3v) is 6.03.